The molecule has 9 nitrogen and oxygen atoms in total. The molecule has 3 N–H and O–H groups in total. The minimum Gasteiger partial charge on any atom is -0.364 e. The van der Waals surface area contributed by atoms with Crippen LogP contribution in [0.2, 0.25) is 0 Å². The van der Waals surface area contributed by atoms with Crippen LogP contribution in [0.25, 0.3) is 10.9 Å². The summed E-state index contributed by atoms with van der Waals surface area (Å²) >= 11 is 0. The zero-order chi connectivity index (χ0) is 22.4. The maximum Gasteiger partial charge on any atom is 0.269 e. The fourth-order valence-corrected chi connectivity index (χ4v) is 5.69. The van der Waals surface area contributed by atoms with Gasteiger partial charge in [-0.05, 0) is 49.5 Å². The van der Waals surface area contributed by atoms with Crippen LogP contribution in [0, 0.1) is 17.8 Å². The third-order valence-corrected chi connectivity index (χ3v) is 7.38. The number of carbonyl (C=O) groups is 3. The molecule has 3 fully saturated rings. The number of pyridine rings is 1. The summed E-state index contributed by atoms with van der Waals surface area (Å²) in [6.45, 7) is 2.91. The van der Waals surface area contributed by atoms with E-state index in [2.05, 4.69) is 22.3 Å². The summed E-state index contributed by atoms with van der Waals surface area (Å²) < 4.78 is 1.47. The highest BCUT2D eigenvalue weighted by Gasteiger charge is 2.56. The largest absolute Gasteiger partial charge is 0.364 e. The monoisotopic (exact) mass is 438 g/mol. The van der Waals surface area contributed by atoms with Crippen molar-refractivity contribution in [1.82, 2.24) is 25.0 Å². The molecule has 2 aromatic rings. The van der Waals surface area contributed by atoms with Crippen LogP contribution in [0.3, 0.4) is 0 Å². The molecule has 0 spiro atoms. The summed E-state index contributed by atoms with van der Waals surface area (Å²) in [5.74, 6) is 0.788. The molecule has 0 radical (unpaired) electrons. The second-order valence-corrected chi connectivity index (χ2v) is 9.76. The van der Waals surface area contributed by atoms with E-state index in [9.17, 15) is 14.4 Å². The van der Waals surface area contributed by atoms with Gasteiger partial charge in [-0.25, -0.2) is 0 Å². The number of rotatable bonds is 6. The highest BCUT2D eigenvalue weighted by Crippen LogP contribution is 2.48. The number of nitrogens with two attached hydrogens (primary N) is 1. The van der Waals surface area contributed by atoms with E-state index in [1.54, 1.807) is 23.4 Å². The molecule has 1 aliphatic heterocycles. The summed E-state index contributed by atoms with van der Waals surface area (Å²) in [4.78, 5) is 43.9. The van der Waals surface area contributed by atoms with Crippen molar-refractivity contribution < 1.29 is 14.4 Å². The van der Waals surface area contributed by atoms with Crippen LogP contribution in [-0.2, 0) is 16.1 Å². The molecule has 5 atom stereocenters. The lowest BCUT2D eigenvalue weighted by Gasteiger charge is -2.30. The molecule has 0 aromatic carbocycles. The van der Waals surface area contributed by atoms with Gasteiger partial charge in [0.15, 0.2) is 5.69 Å². The van der Waals surface area contributed by atoms with Crippen LogP contribution in [0.1, 0.15) is 55.9 Å². The summed E-state index contributed by atoms with van der Waals surface area (Å²) in [5, 5.41) is 7.97. The lowest BCUT2D eigenvalue weighted by atomic mass is 9.82. The van der Waals surface area contributed by atoms with Crippen LogP contribution >= 0.6 is 0 Å². The molecule has 2 saturated carbocycles. The first-order chi connectivity index (χ1) is 15.4. The van der Waals surface area contributed by atoms with E-state index in [1.807, 2.05) is 0 Å². The Kier molecular flexibility index (Phi) is 5.35. The minimum atomic E-state index is -0.648. The Morgan fingerprint density at radius 2 is 2.06 bits per heavy atom. The molecule has 0 bridgehead atoms. The molecule has 3 heterocycles. The Morgan fingerprint density at radius 3 is 2.84 bits per heavy atom. The molecular formula is C23H30N6O3. The smallest absolute Gasteiger partial charge is 0.269 e. The first kappa shape index (κ1) is 20.9. The summed E-state index contributed by atoms with van der Waals surface area (Å²) in [6.07, 6.45) is 9.61. The SMILES string of the molecule is C[C@H]1CCC[C@@H](CNC(=O)[C@@H]2C[C@H]3C[C@H]3N2C(=O)Cn2nc(C(N)=O)c3ccncc32)C1. The molecule has 3 aliphatic rings. The molecule has 9 heteroatoms. The number of carbonyl (C=O) groups excluding carboxylic acids is 3. The van der Waals surface area contributed by atoms with Crippen LogP contribution < -0.4 is 11.1 Å². The number of amides is 3. The first-order valence-corrected chi connectivity index (χ1v) is 11.6. The predicted molar refractivity (Wildman–Crippen MR) is 117 cm³/mol. The number of aromatic nitrogens is 3. The van der Waals surface area contributed by atoms with Gasteiger partial charge in [-0.1, -0.05) is 19.8 Å². The van der Waals surface area contributed by atoms with Crippen molar-refractivity contribution in [3.8, 4) is 0 Å². The minimum absolute atomic E-state index is 0.0476. The molecule has 2 aliphatic carbocycles. The number of piperidine rings is 1. The number of primary amides is 1. The molecule has 3 amide bonds. The molecular weight excluding hydrogens is 408 g/mol. The van der Waals surface area contributed by atoms with Crippen molar-refractivity contribution in [2.24, 2.45) is 23.5 Å². The number of likely N-dealkylation sites (tertiary alicyclic amines) is 1. The van der Waals surface area contributed by atoms with Gasteiger partial charge in [0.2, 0.25) is 11.8 Å². The fourth-order valence-electron chi connectivity index (χ4n) is 5.69. The van der Waals surface area contributed by atoms with Gasteiger partial charge in [0.25, 0.3) is 5.91 Å². The molecule has 0 unspecified atom stereocenters. The van der Waals surface area contributed by atoms with E-state index in [0.29, 0.717) is 35.2 Å². The maximum atomic E-state index is 13.3. The van der Waals surface area contributed by atoms with Gasteiger partial charge in [-0.15, -0.1) is 0 Å². The number of fused-ring (bicyclic) bond motifs is 2. The van der Waals surface area contributed by atoms with Crippen LogP contribution in [0.5, 0.6) is 0 Å². The average Bonchev–Trinajstić information content (AvgIpc) is 3.28. The van der Waals surface area contributed by atoms with E-state index in [-0.39, 0.29) is 30.1 Å². The average molecular weight is 439 g/mol. The maximum absolute atomic E-state index is 13.3. The lowest BCUT2D eigenvalue weighted by Crippen LogP contribution is -2.49. The molecule has 1 saturated heterocycles. The van der Waals surface area contributed by atoms with Gasteiger partial charge < -0.3 is 16.0 Å². The zero-order valence-electron chi connectivity index (χ0n) is 18.4. The standard InChI is InChI=1S/C23H30N6O3/c1-13-3-2-4-14(7-13)10-26-23(32)18-9-15-8-17(15)29(18)20(30)12-28-19-11-25-6-5-16(19)21(27-28)22(24)31/h5-6,11,13-15,17-18H,2-4,7-10,12H2,1H3,(H2,24,31)(H,26,32)/t13-,14+,15+,17+,18-/m0/s1. The van der Waals surface area contributed by atoms with Gasteiger partial charge in [-0.3, -0.25) is 24.0 Å². The topological polar surface area (TPSA) is 123 Å². The third-order valence-electron chi connectivity index (χ3n) is 7.38. The lowest BCUT2D eigenvalue weighted by molar-refractivity contribution is -0.140. The summed E-state index contributed by atoms with van der Waals surface area (Å²) in [5.41, 5.74) is 6.16. The second kappa shape index (κ2) is 8.18. The van der Waals surface area contributed by atoms with Crippen molar-refractivity contribution >= 4 is 28.6 Å². The van der Waals surface area contributed by atoms with Crippen molar-refractivity contribution in [3.63, 3.8) is 0 Å². The highest BCUT2D eigenvalue weighted by atomic mass is 16.2. The Bertz CT molecular complexity index is 1070. The van der Waals surface area contributed by atoms with Crippen LogP contribution in [0.4, 0.5) is 0 Å². The van der Waals surface area contributed by atoms with E-state index in [1.165, 1.54) is 17.5 Å². The quantitative estimate of drug-likeness (QED) is 0.707. The molecule has 32 heavy (non-hydrogen) atoms. The number of hydrogen-bond donors (Lipinski definition) is 2. The van der Waals surface area contributed by atoms with Crippen molar-refractivity contribution in [1.29, 1.82) is 0 Å². The number of nitrogens with one attached hydrogen (secondary N) is 1. The Morgan fingerprint density at radius 1 is 1.22 bits per heavy atom. The van der Waals surface area contributed by atoms with E-state index >= 15 is 0 Å². The Labute approximate surface area is 186 Å². The molecule has 5 rings (SSSR count). The third kappa shape index (κ3) is 3.84. The van der Waals surface area contributed by atoms with E-state index in [0.717, 1.165) is 25.7 Å². The normalized spacial score (nSPS) is 29.0. The molecule has 170 valence electrons. The number of nitrogens with zero attached hydrogens (tertiary/aromatic N) is 4. The predicted octanol–water partition coefficient (Wildman–Crippen LogP) is 1.46. The van der Waals surface area contributed by atoms with E-state index < -0.39 is 11.9 Å². The van der Waals surface area contributed by atoms with Crippen molar-refractivity contribution in [3.05, 3.63) is 24.2 Å². The first-order valence-electron chi connectivity index (χ1n) is 11.6. The van der Waals surface area contributed by atoms with Gasteiger partial charge >= 0.3 is 0 Å². The van der Waals surface area contributed by atoms with Gasteiger partial charge in [0, 0.05) is 24.2 Å². The van der Waals surface area contributed by atoms with Crippen LogP contribution in [0.15, 0.2) is 18.5 Å². The number of hydrogen-bond acceptors (Lipinski definition) is 5. The van der Waals surface area contributed by atoms with Gasteiger partial charge in [0.1, 0.15) is 12.6 Å². The zero-order valence-corrected chi connectivity index (χ0v) is 18.4. The second-order valence-electron chi connectivity index (χ2n) is 9.76. The Balaban J connectivity index is 1.28. The van der Waals surface area contributed by atoms with E-state index in [4.69, 9.17) is 5.73 Å². The summed E-state index contributed by atoms with van der Waals surface area (Å²) in [7, 11) is 0. The van der Waals surface area contributed by atoms with Gasteiger partial charge in [-0.2, -0.15) is 5.10 Å². The van der Waals surface area contributed by atoms with Crippen molar-refractivity contribution in [2.45, 2.75) is 64.1 Å². The highest BCUT2D eigenvalue weighted by molar-refractivity contribution is 6.04. The van der Waals surface area contributed by atoms with Gasteiger partial charge in [0.05, 0.1) is 11.7 Å². The van der Waals surface area contributed by atoms with Crippen molar-refractivity contribution in [2.75, 3.05) is 6.54 Å². The fraction of sp³-hybridized carbons (Fsp3) is 0.609. The molecule has 2 aromatic heterocycles. The Hall–Kier alpha value is -2.97. The summed E-state index contributed by atoms with van der Waals surface area (Å²) in [6, 6.07) is 1.37. The van der Waals surface area contributed by atoms with Crippen LogP contribution in [-0.4, -0.2) is 56.0 Å².